The Hall–Kier alpha value is -1.55. The van der Waals surface area contributed by atoms with Crippen LogP contribution in [0, 0.1) is 0 Å². The average molecular weight is 603 g/mol. The van der Waals surface area contributed by atoms with Gasteiger partial charge in [0.2, 0.25) is 0 Å². The largest absolute Gasteiger partial charge is 0.456 e. The van der Waals surface area contributed by atoms with Crippen LogP contribution in [0.1, 0.15) is 27.1 Å². The van der Waals surface area contributed by atoms with Gasteiger partial charge in [-0.25, -0.2) is 0 Å². The number of esters is 1. The third-order valence-electron chi connectivity index (χ3n) is 4.29. The van der Waals surface area contributed by atoms with Gasteiger partial charge in [-0.1, -0.05) is 73.9 Å². The summed E-state index contributed by atoms with van der Waals surface area (Å²) in [5.41, 5.74) is -0.0293. The molecule has 7 nitrogen and oxygen atoms in total. The standard InChI is InChI=1S/C19H10BrCl5N2O5/c20-7-1-2-9(8(21)5-7)26-10(28)6-32-11(29)3-4-27-18(30)12-13(19(27)31)15(23)17(25)16(24)14(12)22/h1-2,5H,3-4,6H2,(H,26,28). The highest BCUT2D eigenvalue weighted by molar-refractivity contribution is 9.10. The number of imide groups is 1. The Labute approximate surface area is 214 Å². The van der Waals surface area contributed by atoms with E-state index in [1.165, 1.54) is 0 Å². The number of benzene rings is 2. The van der Waals surface area contributed by atoms with Crippen molar-refractivity contribution >= 4 is 103 Å². The lowest BCUT2D eigenvalue weighted by Gasteiger charge is -2.13. The zero-order chi connectivity index (χ0) is 23.7. The predicted octanol–water partition coefficient (Wildman–Crippen LogP) is 5.88. The quantitative estimate of drug-likeness (QED) is 0.193. The van der Waals surface area contributed by atoms with Crippen molar-refractivity contribution in [3.8, 4) is 0 Å². The number of anilines is 1. The number of amides is 3. The molecule has 0 unspecified atom stereocenters. The molecule has 0 bridgehead atoms. The van der Waals surface area contributed by atoms with Crippen molar-refractivity contribution in [3.63, 3.8) is 0 Å². The van der Waals surface area contributed by atoms with Gasteiger partial charge in [0.1, 0.15) is 0 Å². The zero-order valence-corrected chi connectivity index (χ0v) is 21.0. The Balaban J connectivity index is 1.57. The molecule has 3 amide bonds. The average Bonchev–Trinajstić information content (AvgIpc) is 2.99. The van der Waals surface area contributed by atoms with Crippen LogP contribution in [-0.4, -0.2) is 41.7 Å². The Kier molecular flexibility index (Phi) is 7.96. The number of fused-ring (bicyclic) bond motifs is 1. The Morgan fingerprint density at radius 2 is 1.50 bits per heavy atom. The van der Waals surface area contributed by atoms with Gasteiger partial charge in [0, 0.05) is 11.0 Å². The van der Waals surface area contributed by atoms with E-state index >= 15 is 0 Å². The molecule has 0 aliphatic carbocycles. The van der Waals surface area contributed by atoms with E-state index in [0.717, 1.165) is 9.37 Å². The minimum absolute atomic E-state index is 0.156. The molecular weight excluding hydrogens is 593 g/mol. The maximum atomic E-state index is 12.6. The Bertz CT molecular complexity index is 1130. The molecule has 1 heterocycles. The van der Waals surface area contributed by atoms with Crippen LogP contribution in [-0.2, 0) is 14.3 Å². The molecule has 1 aliphatic rings. The van der Waals surface area contributed by atoms with Crippen LogP contribution in [0.25, 0.3) is 0 Å². The van der Waals surface area contributed by atoms with E-state index in [0.29, 0.717) is 10.7 Å². The SMILES string of the molecule is O=C(COC(=O)CCN1C(=O)c2c(Cl)c(Cl)c(Cl)c(Cl)c2C1=O)Nc1ccc(Br)cc1Cl. The van der Waals surface area contributed by atoms with E-state index in [1.807, 2.05) is 0 Å². The number of nitrogens with one attached hydrogen (secondary N) is 1. The molecule has 32 heavy (non-hydrogen) atoms. The monoisotopic (exact) mass is 600 g/mol. The number of ether oxygens (including phenoxy) is 1. The Morgan fingerprint density at radius 1 is 0.938 bits per heavy atom. The minimum atomic E-state index is -0.813. The molecule has 0 radical (unpaired) electrons. The van der Waals surface area contributed by atoms with E-state index in [-0.39, 0.29) is 44.2 Å². The Morgan fingerprint density at radius 3 is 2.03 bits per heavy atom. The molecule has 2 aromatic rings. The summed E-state index contributed by atoms with van der Waals surface area (Å²) < 4.78 is 5.61. The highest BCUT2D eigenvalue weighted by Gasteiger charge is 2.41. The van der Waals surface area contributed by atoms with Crippen molar-refractivity contribution in [2.45, 2.75) is 6.42 Å². The first kappa shape index (κ1) is 25.1. The first-order valence-corrected chi connectivity index (χ1v) is 11.3. The van der Waals surface area contributed by atoms with Crippen LogP contribution < -0.4 is 5.32 Å². The van der Waals surface area contributed by atoms with E-state index in [9.17, 15) is 19.2 Å². The van der Waals surface area contributed by atoms with Gasteiger partial charge in [-0.05, 0) is 18.2 Å². The van der Waals surface area contributed by atoms with Gasteiger partial charge >= 0.3 is 5.97 Å². The first-order chi connectivity index (χ1) is 15.0. The van der Waals surface area contributed by atoms with E-state index in [2.05, 4.69) is 21.2 Å². The predicted molar refractivity (Wildman–Crippen MR) is 125 cm³/mol. The van der Waals surface area contributed by atoms with Crippen molar-refractivity contribution in [2.24, 2.45) is 0 Å². The third kappa shape index (κ3) is 5.00. The topological polar surface area (TPSA) is 92.8 Å². The molecule has 0 saturated heterocycles. The minimum Gasteiger partial charge on any atom is -0.456 e. The number of nitrogens with zero attached hydrogens (tertiary/aromatic N) is 1. The lowest BCUT2D eigenvalue weighted by atomic mass is 10.1. The van der Waals surface area contributed by atoms with E-state index in [4.69, 9.17) is 62.7 Å². The zero-order valence-electron chi connectivity index (χ0n) is 15.6. The van der Waals surface area contributed by atoms with E-state index in [1.54, 1.807) is 18.2 Å². The molecule has 0 fully saturated rings. The second-order valence-corrected chi connectivity index (χ2v) is 9.19. The van der Waals surface area contributed by atoms with Crippen LogP contribution in [0.2, 0.25) is 25.1 Å². The van der Waals surface area contributed by atoms with Crippen LogP contribution in [0.4, 0.5) is 5.69 Å². The molecule has 3 rings (SSSR count). The molecule has 2 aromatic carbocycles. The van der Waals surface area contributed by atoms with Gasteiger partial charge in [-0.2, -0.15) is 0 Å². The highest BCUT2D eigenvalue weighted by atomic mass is 79.9. The van der Waals surface area contributed by atoms with Crippen molar-refractivity contribution in [1.82, 2.24) is 4.90 Å². The summed E-state index contributed by atoms with van der Waals surface area (Å²) in [6.45, 7) is -0.913. The first-order valence-electron chi connectivity index (χ1n) is 8.65. The number of carbonyl (C=O) groups is 4. The van der Waals surface area contributed by atoms with Crippen LogP contribution >= 0.6 is 73.9 Å². The van der Waals surface area contributed by atoms with Crippen LogP contribution in [0.3, 0.4) is 0 Å². The molecule has 168 valence electrons. The van der Waals surface area contributed by atoms with Crippen molar-refractivity contribution in [2.75, 3.05) is 18.5 Å². The maximum absolute atomic E-state index is 12.6. The second-order valence-electron chi connectivity index (χ2n) is 6.35. The summed E-state index contributed by atoms with van der Waals surface area (Å²) in [7, 11) is 0. The van der Waals surface area contributed by atoms with Gasteiger partial charge in [0.25, 0.3) is 17.7 Å². The summed E-state index contributed by atoms with van der Waals surface area (Å²) in [4.78, 5) is 50.0. The summed E-state index contributed by atoms with van der Waals surface area (Å²) in [6, 6.07) is 4.84. The maximum Gasteiger partial charge on any atom is 0.308 e. The van der Waals surface area contributed by atoms with Gasteiger partial charge < -0.3 is 10.1 Å². The van der Waals surface area contributed by atoms with E-state index < -0.39 is 30.3 Å². The van der Waals surface area contributed by atoms with Crippen LogP contribution in [0.5, 0.6) is 0 Å². The van der Waals surface area contributed by atoms with Gasteiger partial charge in [0.05, 0.1) is 48.3 Å². The van der Waals surface area contributed by atoms with Crippen molar-refractivity contribution in [3.05, 3.63) is 58.9 Å². The molecular formula is C19H10BrCl5N2O5. The molecule has 0 atom stereocenters. The number of carbonyl (C=O) groups excluding carboxylic acids is 4. The number of halogens is 6. The second kappa shape index (κ2) is 10.2. The lowest BCUT2D eigenvalue weighted by molar-refractivity contribution is -0.147. The summed E-state index contributed by atoms with van der Waals surface area (Å²) in [6.07, 6.45) is -0.367. The molecule has 0 aromatic heterocycles. The summed E-state index contributed by atoms with van der Waals surface area (Å²) >= 11 is 33.3. The fourth-order valence-electron chi connectivity index (χ4n) is 2.80. The molecule has 1 N–H and O–H groups in total. The van der Waals surface area contributed by atoms with Gasteiger partial charge in [0.15, 0.2) is 6.61 Å². The third-order valence-corrected chi connectivity index (χ3v) is 6.90. The molecule has 0 spiro atoms. The number of hydrogen-bond acceptors (Lipinski definition) is 5. The fraction of sp³-hybridized carbons (Fsp3) is 0.158. The highest BCUT2D eigenvalue weighted by Crippen LogP contribution is 2.44. The van der Waals surface area contributed by atoms with Gasteiger partial charge in [-0.3, -0.25) is 24.1 Å². The fourth-order valence-corrected chi connectivity index (χ4v) is 4.53. The number of hydrogen-bond donors (Lipinski definition) is 1. The number of rotatable bonds is 6. The molecule has 0 saturated carbocycles. The van der Waals surface area contributed by atoms with Crippen LogP contribution in [0.15, 0.2) is 22.7 Å². The summed E-state index contributed by atoms with van der Waals surface area (Å²) in [5.74, 6) is -2.98. The lowest BCUT2D eigenvalue weighted by Crippen LogP contribution is -2.32. The normalized spacial score (nSPS) is 12.8. The van der Waals surface area contributed by atoms with Crippen molar-refractivity contribution in [1.29, 1.82) is 0 Å². The van der Waals surface area contributed by atoms with Gasteiger partial charge in [-0.15, -0.1) is 0 Å². The molecule has 1 aliphatic heterocycles. The molecule has 13 heteroatoms. The van der Waals surface area contributed by atoms with Crippen molar-refractivity contribution < 1.29 is 23.9 Å². The smallest absolute Gasteiger partial charge is 0.308 e. The summed E-state index contributed by atoms with van der Waals surface area (Å²) in [5, 5.41) is 2.07.